The first-order valence-corrected chi connectivity index (χ1v) is 9.79. The quantitative estimate of drug-likeness (QED) is 0.777. The summed E-state index contributed by atoms with van der Waals surface area (Å²) < 4.78 is 4.86. The first kappa shape index (κ1) is 21.2. The highest BCUT2D eigenvalue weighted by molar-refractivity contribution is 5.75. The third-order valence-corrected chi connectivity index (χ3v) is 4.80. The van der Waals surface area contributed by atoms with Gasteiger partial charge < -0.3 is 15.0 Å². The molecule has 0 radical (unpaired) electrons. The molecule has 1 aromatic carbocycles. The molecule has 1 fully saturated rings. The number of urea groups is 1. The zero-order valence-corrected chi connectivity index (χ0v) is 17.1. The van der Waals surface area contributed by atoms with E-state index < -0.39 is 0 Å². The van der Waals surface area contributed by atoms with Crippen LogP contribution in [-0.2, 0) is 21.5 Å². The highest BCUT2D eigenvalue weighted by atomic mass is 16.5. The summed E-state index contributed by atoms with van der Waals surface area (Å²) in [6.45, 7) is 13.1. The summed E-state index contributed by atoms with van der Waals surface area (Å²) in [6.07, 6.45) is 0.212. The van der Waals surface area contributed by atoms with Crippen molar-refractivity contribution in [2.24, 2.45) is 0 Å². The lowest BCUT2D eigenvalue weighted by Gasteiger charge is -2.34. The van der Waals surface area contributed by atoms with Crippen molar-refractivity contribution in [3.05, 3.63) is 35.4 Å². The van der Waals surface area contributed by atoms with Gasteiger partial charge >= 0.3 is 12.0 Å². The average Bonchev–Trinajstić information content (AvgIpc) is 2.62. The Morgan fingerprint density at radius 2 is 1.70 bits per heavy atom. The number of nitrogens with zero attached hydrogens (tertiary/aromatic N) is 2. The molecule has 1 aliphatic heterocycles. The topological polar surface area (TPSA) is 61.9 Å². The van der Waals surface area contributed by atoms with Crippen LogP contribution in [0.3, 0.4) is 0 Å². The number of rotatable bonds is 6. The summed E-state index contributed by atoms with van der Waals surface area (Å²) in [7, 11) is 0. The van der Waals surface area contributed by atoms with E-state index in [1.165, 1.54) is 11.1 Å². The molecule has 1 heterocycles. The average molecular weight is 376 g/mol. The molecule has 6 heteroatoms. The number of carbonyl (C=O) groups is 2. The van der Waals surface area contributed by atoms with E-state index in [0.717, 1.165) is 19.6 Å². The minimum absolute atomic E-state index is 0.103. The summed E-state index contributed by atoms with van der Waals surface area (Å²) in [4.78, 5) is 27.7. The lowest BCUT2D eigenvalue weighted by molar-refractivity contribution is -0.142. The van der Waals surface area contributed by atoms with Crippen LogP contribution in [0.4, 0.5) is 4.79 Å². The van der Waals surface area contributed by atoms with Crippen LogP contribution >= 0.6 is 0 Å². The number of hydrogen-bond donors (Lipinski definition) is 1. The van der Waals surface area contributed by atoms with Crippen molar-refractivity contribution < 1.29 is 14.3 Å². The molecule has 1 aromatic rings. The van der Waals surface area contributed by atoms with Gasteiger partial charge in [0.1, 0.15) is 0 Å². The second-order valence-electron chi connectivity index (χ2n) is 8.00. The monoisotopic (exact) mass is 375 g/mol. The standard InChI is InChI=1S/C21H33N3O3/c1-5-27-19(25)10-11-22-20(26)24-14-12-23(13-15-24)16-17-6-8-18(9-7-17)21(2,3)4/h6-9H,5,10-16H2,1-4H3,(H,22,26). The second-order valence-corrected chi connectivity index (χ2v) is 8.00. The van der Waals surface area contributed by atoms with Gasteiger partial charge in [-0.05, 0) is 23.5 Å². The molecule has 1 aliphatic rings. The third kappa shape index (κ3) is 6.86. The van der Waals surface area contributed by atoms with Crippen LogP contribution in [0.2, 0.25) is 0 Å². The molecule has 150 valence electrons. The van der Waals surface area contributed by atoms with Gasteiger partial charge in [0.15, 0.2) is 0 Å². The van der Waals surface area contributed by atoms with Crippen LogP contribution in [0, 0.1) is 0 Å². The highest BCUT2D eigenvalue weighted by Crippen LogP contribution is 2.22. The van der Waals surface area contributed by atoms with Crippen LogP contribution in [-0.4, -0.2) is 61.1 Å². The van der Waals surface area contributed by atoms with E-state index in [4.69, 9.17) is 4.74 Å². The Hall–Kier alpha value is -2.08. The number of carbonyl (C=O) groups excluding carboxylic acids is 2. The molecule has 2 amide bonds. The molecule has 0 unspecified atom stereocenters. The van der Waals surface area contributed by atoms with Gasteiger partial charge in [-0.2, -0.15) is 0 Å². The van der Waals surface area contributed by atoms with Crippen LogP contribution in [0.15, 0.2) is 24.3 Å². The van der Waals surface area contributed by atoms with Crippen LogP contribution in [0.25, 0.3) is 0 Å². The van der Waals surface area contributed by atoms with E-state index in [-0.39, 0.29) is 23.8 Å². The molecular weight excluding hydrogens is 342 g/mol. The minimum Gasteiger partial charge on any atom is -0.466 e. The zero-order valence-electron chi connectivity index (χ0n) is 17.1. The van der Waals surface area contributed by atoms with E-state index >= 15 is 0 Å². The maximum atomic E-state index is 12.2. The van der Waals surface area contributed by atoms with Crippen LogP contribution in [0.5, 0.6) is 0 Å². The van der Waals surface area contributed by atoms with Crippen molar-refractivity contribution in [2.45, 2.75) is 46.1 Å². The largest absolute Gasteiger partial charge is 0.466 e. The number of benzene rings is 1. The van der Waals surface area contributed by atoms with Gasteiger partial charge in [-0.25, -0.2) is 4.79 Å². The third-order valence-electron chi connectivity index (χ3n) is 4.80. The molecule has 27 heavy (non-hydrogen) atoms. The van der Waals surface area contributed by atoms with Crippen molar-refractivity contribution >= 4 is 12.0 Å². The molecule has 1 saturated heterocycles. The first-order chi connectivity index (χ1) is 12.8. The smallest absolute Gasteiger partial charge is 0.317 e. The van der Waals surface area contributed by atoms with E-state index in [0.29, 0.717) is 26.2 Å². The fourth-order valence-corrected chi connectivity index (χ4v) is 3.09. The predicted molar refractivity (Wildman–Crippen MR) is 107 cm³/mol. The van der Waals surface area contributed by atoms with Crippen molar-refractivity contribution in [1.29, 1.82) is 0 Å². The van der Waals surface area contributed by atoms with Crippen LogP contribution < -0.4 is 5.32 Å². The Morgan fingerprint density at radius 1 is 1.07 bits per heavy atom. The SMILES string of the molecule is CCOC(=O)CCNC(=O)N1CCN(Cc2ccc(C(C)(C)C)cc2)CC1. The van der Waals surface area contributed by atoms with Gasteiger partial charge in [-0.3, -0.25) is 9.69 Å². The van der Waals surface area contributed by atoms with E-state index in [9.17, 15) is 9.59 Å². The number of ether oxygens (including phenoxy) is 1. The van der Waals surface area contributed by atoms with Crippen molar-refractivity contribution in [2.75, 3.05) is 39.3 Å². The van der Waals surface area contributed by atoms with Gasteiger partial charge in [0.25, 0.3) is 0 Å². The Bertz CT molecular complexity index is 615. The normalized spacial score (nSPS) is 15.5. The Kier molecular flexibility index (Phi) is 7.66. The molecular formula is C21H33N3O3. The van der Waals surface area contributed by atoms with Crippen molar-refractivity contribution in [1.82, 2.24) is 15.1 Å². The first-order valence-electron chi connectivity index (χ1n) is 9.79. The summed E-state index contributed by atoms with van der Waals surface area (Å²) in [5.74, 6) is -0.278. The van der Waals surface area contributed by atoms with E-state index in [2.05, 4.69) is 55.3 Å². The second kappa shape index (κ2) is 9.74. The number of nitrogens with one attached hydrogen (secondary N) is 1. The maximum Gasteiger partial charge on any atom is 0.317 e. The minimum atomic E-state index is -0.278. The Labute approximate surface area is 162 Å². The van der Waals surface area contributed by atoms with Gasteiger partial charge in [0.2, 0.25) is 0 Å². The van der Waals surface area contributed by atoms with Crippen molar-refractivity contribution in [3.63, 3.8) is 0 Å². The molecule has 0 spiro atoms. The molecule has 1 N–H and O–H groups in total. The summed E-state index contributed by atoms with van der Waals surface area (Å²) in [6, 6.07) is 8.73. The molecule has 0 saturated carbocycles. The molecule has 0 atom stereocenters. The van der Waals surface area contributed by atoms with E-state index in [1.807, 2.05) is 4.90 Å². The van der Waals surface area contributed by atoms with Gasteiger partial charge in [0, 0.05) is 39.3 Å². The summed E-state index contributed by atoms with van der Waals surface area (Å²) >= 11 is 0. The fourth-order valence-electron chi connectivity index (χ4n) is 3.09. The van der Waals surface area contributed by atoms with Gasteiger partial charge in [0.05, 0.1) is 13.0 Å². The van der Waals surface area contributed by atoms with Gasteiger partial charge in [-0.1, -0.05) is 45.0 Å². The lowest BCUT2D eigenvalue weighted by Crippen LogP contribution is -2.51. The summed E-state index contributed by atoms with van der Waals surface area (Å²) in [5, 5.41) is 2.79. The number of hydrogen-bond acceptors (Lipinski definition) is 4. The molecule has 2 rings (SSSR count). The Balaban J connectivity index is 1.72. The highest BCUT2D eigenvalue weighted by Gasteiger charge is 2.21. The molecule has 0 bridgehead atoms. The zero-order chi connectivity index (χ0) is 19.9. The number of esters is 1. The maximum absolute atomic E-state index is 12.2. The van der Waals surface area contributed by atoms with Gasteiger partial charge in [-0.15, -0.1) is 0 Å². The fraction of sp³-hybridized carbons (Fsp3) is 0.619. The van der Waals surface area contributed by atoms with E-state index in [1.54, 1.807) is 6.92 Å². The molecule has 0 aliphatic carbocycles. The number of amides is 2. The molecule has 6 nitrogen and oxygen atoms in total. The lowest BCUT2D eigenvalue weighted by atomic mass is 9.87. The predicted octanol–water partition coefficient (Wildman–Crippen LogP) is 2.76. The summed E-state index contributed by atoms with van der Waals surface area (Å²) in [5.41, 5.74) is 2.82. The Morgan fingerprint density at radius 3 is 2.26 bits per heavy atom. The van der Waals surface area contributed by atoms with Crippen molar-refractivity contribution in [3.8, 4) is 0 Å². The molecule has 0 aromatic heterocycles. The van der Waals surface area contributed by atoms with Crippen LogP contribution in [0.1, 0.15) is 45.2 Å². The number of piperazine rings is 1.